The van der Waals surface area contributed by atoms with Gasteiger partial charge in [-0.15, -0.1) is 0 Å². The summed E-state index contributed by atoms with van der Waals surface area (Å²) in [5.74, 6) is 0. The minimum atomic E-state index is -2.62. The zero-order valence-electron chi connectivity index (χ0n) is 24.2. The molecule has 3 atom stereocenters. The first kappa shape index (κ1) is 29.7. The van der Waals surface area contributed by atoms with Gasteiger partial charge in [0.15, 0.2) is 0 Å². The molecule has 0 N–H and O–H groups in total. The molecule has 0 spiro atoms. The van der Waals surface area contributed by atoms with Crippen LogP contribution in [0.3, 0.4) is 0 Å². The van der Waals surface area contributed by atoms with Crippen molar-refractivity contribution in [2.45, 2.75) is 83.3 Å². The number of benzene rings is 3. The summed E-state index contributed by atoms with van der Waals surface area (Å²) in [6, 6.07) is 32.0. The van der Waals surface area contributed by atoms with Crippen molar-refractivity contribution < 1.29 is 18.6 Å². The molecule has 39 heavy (non-hydrogen) atoms. The summed E-state index contributed by atoms with van der Waals surface area (Å²) < 4.78 is 26.0. The highest BCUT2D eigenvalue weighted by atomic mass is 28.4. The van der Waals surface area contributed by atoms with Crippen LogP contribution in [0.2, 0.25) is 5.04 Å². The average molecular weight is 547 g/mol. The van der Waals surface area contributed by atoms with Crippen molar-refractivity contribution in [2.24, 2.45) is 0 Å². The second-order valence-electron chi connectivity index (χ2n) is 11.6. The molecule has 1 aliphatic rings. The van der Waals surface area contributed by atoms with E-state index in [1.807, 2.05) is 13.0 Å². The zero-order valence-corrected chi connectivity index (χ0v) is 25.2. The molecule has 4 nitrogen and oxygen atoms in total. The minimum absolute atomic E-state index is 0.0694. The molecule has 1 fully saturated rings. The summed E-state index contributed by atoms with van der Waals surface area (Å²) in [4.78, 5) is 0. The Morgan fingerprint density at radius 3 is 1.82 bits per heavy atom. The molecule has 0 heterocycles. The second kappa shape index (κ2) is 14.4. The van der Waals surface area contributed by atoms with Gasteiger partial charge in [0.1, 0.15) is 6.10 Å². The van der Waals surface area contributed by atoms with Gasteiger partial charge < -0.3 is 18.6 Å². The van der Waals surface area contributed by atoms with E-state index in [0.29, 0.717) is 26.4 Å². The van der Waals surface area contributed by atoms with E-state index in [9.17, 15) is 0 Å². The predicted molar refractivity (Wildman–Crippen MR) is 162 cm³/mol. The molecular weight excluding hydrogens is 500 g/mol. The molecule has 1 saturated carbocycles. The number of rotatable bonds is 13. The van der Waals surface area contributed by atoms with Crippen LogP contribution in [-0.4, -0.2) is 46.4 Å². The van der Waals surface area contributed by atoms with Crippen LogP contribution >= 0.6 is 0 Å². The SMILES string of the molecule is CCOC(CO[C@@H]1CCC[C@H](OCc2ccccc2)C1)CO[Si](c1ccccc1)(c1ccccc1)C(C)(C)C. The molecule has 0 aliphatic heterocycles. The van der Waals surface area contributed by atoms with Gasteiger partial charge in [-0.05, 0) is 53.6 Å². The Morgan fingerprint density at radius 2 is 1.28 bits per heavy atom. The number of hydrogen-bond acceptors (Lipinski definition) is 4. The summed E-state index contributed by atoms with van der Waals surface area (Å²) >= 11 is 0. The summed E-state index contributed by atoms with van der Waals surface area (Å²) in [5, 5.41) is 2.50. The zero-order chi connectivity index (χ0) is 27.6. The van der Waals surface area contributed by atoms with Crippen LogP contribution < -0.4 is 10.4 Å². The Balaban J connectivity index is 1.42. The quantitative estimate of drug-likeness (QED) is 0.229. The highest BCUT2D eigenvalue weighted by Gasteiger charge is 2.50. The van der Waals surface area contributed by atoms with Crippen LogP contribution in [0.25, 0.3) is 0 Å². The number of ether oxygens (including phenoxy) is 3. The summed E-state index contributed by atoms with van der Waals surface area (Å²) in [6.45, 7) is 11.3. The first-order valence-electron chi connectivity index (χ1n) is 14.6. The van der Waals surface area contributed by atoms with Gasteiger partial charge in [-0.1, -0.05) is 112 Å². The van der Waals surface area contributed by atoms with E-state index in [-0.39, 0.29) is 23.4 Å². The van der Waals surface area contributed by atoms with Gasteiger partial charge in [-0.25, -0.2) is 0 Å². The Hall–Kier alpha value is -2.28. The van der Waals surface area contributed by atoms with Crippen molar-refractivity contribution in [3.05, 3.63) is 96.6 Å². The highest BCUT2D eigenvalue weighted by molar-refractivity contribution is 6.99. The highest BCUT2D eigenvalue weighted by Crippen LogP contribution is 2.37. The molecule has 0 amide bonds. The topological polar surface area (TPSA) is 36.9 Å². The standard InChI is InChI=1S/C34H46O4Si/c1-5-35-31(26-37-30-19-15-18-29(24-30)36-25-28-16-9-6-10-17-28)27-38-39(34(2,3)4,32-20-11-7-12-21-32)33-22-13-8-14-23-33/h6-14,16-17,20-23,29-31H,5,15,18-19,24-27H2,1-4H3/t29-,30+,31?/m0/s1. The molecule has 4 rings (SSSR count). The Bertz CT molecular complexity index is 1040. The van der Waals surface area contributed by atoms with E-state index in [0.717, 1.165) is 25.7 Å². The lowest BCUT2D eigenvalue weighted by molar-refractivity contribution is -0.0892. The predicted octanol–water partition coefficient (Wildman–Crippen LogP) is 6.51. The maximum atomic E-state index is 7.14. The molecule has 3 aromatic carbocycles. The Labute approximate surface area is 236 Å². The van der Waals surface area contributed by atoms with E-state index >= 15 is 0 Å². The van der Waals surface area contributed by atoms with Crippen molar-refractivity contribution in [1.29, 1.82) is 0 Å². The fourth-order valence-electron chi connectivity index (χ4n) is 5.80. The van der Waals surface area contributed by atoms with Crippen molar-refractivity contribution in [3.8, 4) is 0 Å². The van der Waals surface area contributed by atoms with Crippen LogP contribution in [0.1, 0.15) is 58.9 Å². The van der Waals surface area contributed by atoms with Crippen LogP contribution in [0.15, 0.2) is 91.0 Å². The Morgan fingerprint density at radius 1 is 0.744 bits per heavy atom. The van der Waals surface area contributed by atoms with E-state index < -0.39 is 8.32 Å². The molecule has 0 saturated heterocycles. The van der Waals surface area contributed by atoms with Crippen LogP contribution in [-0.2, 0) is 25.2 Å². The van der Waals surface area contributed by atoms with Crippen LogP contribution in [0, 0.1) is 0 Å². The first-order valence-corrected chi connectivity index (χ1v) is 16.5. The van der Waals surface area contributed by atoms with Gasteiger partial charge in [-0.3, -0.25) is 0 Å². The van der Waals surface area contributed by atoms with Gasteiger partial charge in [-0.2, -0.15) is 0 Å². The lowest BCUT2D eigenvalue weighted by Crippen LogP contribution is -2.67. The maximum Gasteiger partial charge on any atom is 0.261 e. The van der Waals surface area contributed by atoms with Crippen molar-refractivity contribution in [2.75, 3.05) is 19.8 Å². The van der Waals surface area contributed by atoms with E-state index in [2.05, 4.69) is 106 Å². The van der Waals surface area contributed by atoms with Gasteiger partial charge in [0, 0.05) is 6.61 Å². The molecular formula is C34H46O4Si. The molecule has 0 radical (unpaired) electrons. The van der Waals surface area contributed by atoms with E-state index in [4.69, 9.17) is 18.6 Å². The lowest BCUT2D eigenvalue weighted by atomic mass is 9.95. The molecule has 1 aliphatic carbocycles. The molecule has 0 aromatic heterocycles. The summed E-state index contributed by atoms with van der Waals surface area (Å²) in [5.41, 5.74) is 1.22. The lowest BCUT2D eigenvalue weighted by Gasteiger charge is -2.43. The normalized spacial score (nSPS) is 19.1. The van der Waals surface area contributed by atoms with Gasteiger partial charge >= 0.3 is 0 Å². The van der Waals surface area contributed by atoms with E-state index in [1.165, 1.54) is 15.9 Å². The van der Waals surface area contributed by atoms with Crippen LogP contribution in [0.4, 0.5) is 0 Å². The van der Waals surface area contributed by atoms with Gasteiger partial charge in [0.05, 0.1) is 32.0 Å². The second-order valence-corrected chi connectivity index (χ2v) is 15.9. The molecule has 3 aromatic rings. The fourth-order valence-corrected chi connectivity index (χ4v) is 10.4. The summed E-state index contributed by atoms with van der Waals surface area (Å²) in [6.07, 6.45) is 4.53. The van der Waals surface area contributed by atoms with Crippen molar-refractivity contribution >= 4 is 18.7 Å². The smallest absolute Gasteiger partial charge is 0.261 e. The monoisotopic (exact) mass is 546 g/mol. The molecule has 5 heteroatoms. The fraction of sp³-hybridized carbons (Fsp3) is 0.471. The van der Waals surface area contributed by atoms with Crippen molar-refractivity contribution in [3.63, 3.8) is 0 Å². The maximum absolute atomic E-state index is 7.14. The molecule has 210 valence electrons. The molecule has 1 unspecified atom stereocenters. The van der Waals surface area contributed by atoms with E-state index in [1.54, 1.807) is 0 Å². The first-order chi connectivity index (χ1) is 18.9. The average Bonchev–Trinajstić information content (AvgIpc) is 2.96. The number of hydrogen-bond donors (Lipinski definition) is 0. The largest absolute Gasteiger partial charge is 0.405 e. The third-order valence-corrected chi connectivity index (χ3v) is 12.7. The van der Waals surface area contributed by atoms with Crippen LogP contribution in [0.5, 0.6) is 0 Å². The summed E-state index contributed by atoms with van der Waals surface area (Å²) in [7, 11) is -2.62. The van der Waals surface area contributed by atoms with Gasteiger partial charge in [0.25, 0.3) is 8.32 Å². The molecule has 0 bridgehead atoms. The third kappa shape index (κ3) is 7.89. The van der Waals surface area contributed by atoms with Gasteiger partial charge in [0.2, 0.25) is 0 Å². The van der Waals surface area contributed by atoms with Crippen molar-refractivity contribution in [1.82, 2.24) is 0 Å². The minimum Gasteiger partial charge on any atom is -0.405 e. The Kier molecular flexibility index (Phi) is 10.9. The third-order valence-electron chi connectivity index (χ3n) is 7.73.